The Hall–Kier alpha value is -2.12. The molecule has 1 aliphatic carbocycles. The van der Waals surface area contributed by atoms with Crippen LogP contribution in [0.15, 0.2) is 34.1 Å². The number of anilines is 1. The van der Waals surface area contributed by atoms with Crippen LogP contribution in [0.3, 0.4) is 0 Å². The first kappa shape index (κ1) is 20.2. The summed E-state index contributed by atoms with van der Waals surface area (Å²) in [6.45, 7) is 2.36. The van der Waals surface area contributed by atoms with Crippen molar-refractivity contribution in [1.82, 2.24) is 9.55 Å². The predicted molar refractivity (Wildman–Crippen MR) is 116 cm³/mol. The van der Waals surface area contributed by atoms with Crippen molar-refractivity contribution in [3.05, 3.63) is 51.6 Å². The monoisotopic (exact) mass is 413 g/mol. The lowest BCUT2D eigenvalue weighted by molar-refractivity contribution is -0.859. The summed E-state index contributed by atoms with van der Waals surface area (Å²) in [4.78, 5) is 33.2. The third kappa shape index (κ3) is 4.26. The molecule has 0 spiro atoms. The van der Waals surface area contributed by atoms with Crippen molar-refractivity contribution in [1.29, 1.82) is 0 Å². The molecular formula is C22H29N4O2S+. The molecule has 29 heavy (non-hydrogen) atoms. The van der Waals surface area contributed by atoms with Gasteiger partial charge >= 0.3 is 5.69 Å². The van der Waals surface area contributed by atoms with E-state index in [0.29, 0.717) is 12.3 Å². The van der Waals surface area contributed by atoms with Crippen molar-refractivity contribution in [3.8, 4) is 0 Å². The van der Waals surface area contributed by atoms with Crippen LogP contribution >= 0.6 is 11.8 Å². The third-order valence-corrected chi connectivity index (χ3v) is 6.78. The summed E-state index contributed by atoms with van der Waals surface area (Å²) in [7, 11) is 4.18. The highest BCUT2D eigenvalue weighted by molar-refractivity contribution is 8.00. The van der Waals surface area contributed by atoms with E-state index in [2.05, 4.69) is 25.1 Å². The number of nitrogens with zero attached hydrogens (tertiary/aromatic N) is 3. The number of carbonyl (C=O) groups excluding carboxylic acids is 1. The highest BCUT2D eigenvalue weighted by Gasteiger charge is 2.25. The van der Waals surface area contributed by atoms with Gasteiger partial charge in [-0.2, -0.15) is 4.98 Å². The quantitative estimate of drug-likeness (QED) is 0.566. The number of aromatic nitrogens is 2. The van der Waals surface area contributed by atoms with Crippen LogP contribution in [0, 0.1) is 0 Å². The van der Waals surface area contributed by atoms with E-state index in [1.165, 1.54) is 27.8 Å². The molecule has 0 saturated carbocycles. The molecule has 0 fully saturated rings. The molecule has 6 nitrogen and oxygen atoms in total. The Morgan fingerprint density at radius 2 is 2.00 bits per heavy atom. The zero-order chi connectivity index (χ0) is 20.4. The Morgan fingerprint density at radius 1 is 1.17 bits per heavy atom. The number of para-hydroxylation sites is 1. The lowest BCUT2D eigenvalue weighted by Gasteiger charge is -2.29. The minimum atomic E-state index is -0.176. The van der Waals surface area contributed by atoms with Crippen molar-refractivity contribution in [3.63, 3.8) is 0 Å². The van der Waals surface area contributed by atoms with Gasteiger partial charge in [0.2, 0.25) is 5.91 Å². The Kier molecular flexibility index (Phi) is 6.06. The number of aryl methyl sites for hydroxylation is 1. The number of fused-ring (bicyclic) bond motifs is 2. The lowest BCUT2D eigenvalue weighted by Crippen LogP contribution is -3.06. The predicted octanol–water partition coefficient (Wildman–Crippen LogP) is 0.948. The van der Waals surface area contributed by atoms with Gasteiger partial charge in [-0.1, -0.05) is 30.0 Å². The van der Waals surface area contributed by atoms with Crippen LogP contribution in [-0.4, -0.2) is 48.4 Å². The maximum absolute atomic E-state index is 13.0. The minimum Gasteiger partial charge on any atom is -0.338 e. The van der Waals surface area contributed by atoms with Gasteiger partial charge in [0.05, 0.1) is 32.9 Å². The van der Waals surface area contributed by atoms with E-state index >= 15 is 0 Å². The zero-order valence-corrected chi connectivity index (χ0v) is 18.1. The molecule has 0 bridgehead atoms. The highest BCUT2D eigenvalue weighted by atomic mass is 32.2. The van der Waals surface area contributed by atoms with E-state index in [-0.39, 0.29) is 11.6 Å². The molecule has 2 heterocycles. The number of hydrogen-bond acceptors (Lipinski definition) is 4. The molecule has 4 rings (SSSR count). The van der Waals surface area contributed by atoms with E-state index in [0.717, 1.165) is 61.6 Å². The summed E-state index contributed by atoms with van der Waals surface area (Å²) in [5, 5.41) is 0.759. The van der Waals surface area contributed by atoms with Crippen molar-refractivity contribution in [2.45, 2.75) is 43.7 Å². The topological polar surface area (TPSA) is 59.6 Å². The molecule has 7 heteroatoms. The molecule has 1 aromatic carbocycles. The van der Waals surface area contributed by atoms with Gasteiger partial charge in [-0.05, 0) is 43.7 Å². The van der Waals surface area contributed by atoms with Crippen molar-refractivity contribution < 1.29 is 9.69 Å². The van der Waals surface area contributed by atoms with Crippen molar-refractivity contribution >= 4 is 23.4 Å². The van der Waals surface area contributed by atoms with Gasteiger partial charge in [0.15, 0.2) is 0 Å². The zero-order valence-electron chi connectivity index (χ0n) is 17.2. The molecule has 154 valence electrons. The second-order valence-corrected chi connectivity index (χ2v) is 9.12. The van der Waals surface area contributed by atoms with Gasteiger partial charge in [0.1, 0.15) is 5.03 Å². The molecule has 2 aliphatic rings. The normalized spacial score (nSPS) is 15.5. The third-order valence-electron chi connectivity index (χ3n) is 5.78. The number of amides is 1. The number of thioether (sulfide) groups is 1. The van der Waals surface area contributed by atoms with Gasteiger partial charge in [-0.25, -0.2) is 4.79 Å². The molecular weight excluding hydrogens is 384 g/mol. The van der Waals surface area contributed by atoms with E-state index in [9.17, 15) is 9.59 Å². The van der Waals surface area contributed by atoms with Gasteiger partial charge in [0, 0.05) is 23.5 Å². The van der Waals surface area contributed by atoms with Crippen LogP contribution in [0.4, 0.5) is 5.69 Å². The van der Waals surface area contributed by atoms with Crippen molar-refractivity contribution in [2.24, 2.45) is 0 Å². The first-order valence-electron chi connectivity index (χ1n) is 10.5. The average molecular weight is 414 g/mol. The second-order valence-electron chi connectivity index (χ2n) is 8.15. The molecule has 1 aliphatic heterocycles. The number of nitrogens with one attached hydrogen (secondary N) is 1. The molecule has 0 radical (unpaired) electrons. The Balaban J connectivity index is 1.51. The number of benzene rings is 1. The molecule has 1 aromatic heterocycles. The number of rotatable bonds is 6. The number of quaternary nitrogens is 1. The maximum Gasteiger partial charge on any atom is 0.349 e. The van der Waals surface area contributed by atoms with Crippen LogP contribution < -0.4 is 15.5 Å². The van der Waals surface area contributed by atoms with Crippen molar-refractivity contribution in [2.75, 3.05) is 37.8 Å². The maximum atomic E-state index is 13.0. The standard InChI is InChI=1S/C22H28N4O2S/c1-24(2)13-14-26-19-11-5-9-17(19)21(23-22(26)28)29-15-20(27)25-12-6-8-16-7-3-4-10-18(16)25/h3-4,7,10H,5-6,8-9,11-15H2,1-2H3/p+1. The SMILES string of the molecule is C[NH+](C)CCn1c2c(c(SCC(=O)N3CCCc4ccccc43)nc1=O)CCC2. The summed E-state index contributed by atoms with van der Waals surface area (Å²) in [6.07, 6.45) is 4.94. The summed E-state index contributed by atoms with van der Waals surface area (Å²) >= 11 is 1.43. The lowest BCUT2D eigenvalue weighted by atomic mass is 10.0. The molecule has 2 aromatic rings. The largest absolute Gasteiger partial charge is 0.349 e. The molecule has 1 amide bonds. The number of likely N-dealkylation sites (N-methyl/N-ethyl adjacent to an activating group) is 1. The summed E-state index contributed by atoms with van der Waals surface area (Å²) in [5.41, 5.74) is 4.40. The van der Waals surface area contributed by atoms with Gasteiger partial charge in [-0.3, -0.25) is 9.36 Å². The fourth-order valence-corrected chi connectivity index (χ4v) is 5.23. The summed E-state index contributed by atoms with van der Waals surface area (Å²) in [6, 6.07) is 8.15. The first-order chi connectivity index (χ1) is 14.0. The van der Waals surface area contributed by atoms with Crippen LogP contribution in [0.25, 0.3) is 0 Å². The van der Waals surface area contributed by atoms with Crippen LogP contribution in [-0.2, 0) is 30.6 Å². The smallest absolute Gasteiger partial charge is 0.338 e. The first-order valence-corrected chi connectivity index (χ1v) is 11.5. The van der Waals surface area contributed by atoms with Crippen LogP contribution in [0.1, 0.15) is 29.7 Å². The average Bonchev–Trinajstić information content (AvgIpc) is 3.20. The molecule has 0 atom stereocenters. The fraction of sp³-hybridized carbons (Fsp3) is 0.500. The Bertz CT molecular complexity index is 970. The van der Waals surface area contributed by atoms with E-state index in [1.807, 2.05) is 27.7 Å². The van der Waals surface area contributed by atoms with Gasteiger partial charge in [-0.15, -0.1) is 0 Å². The summed E-state index contributed by atoms with van der Waals surface area (Å²) in [5.74, 6) is 0.412. The van der Waals surface area contributed by atoms with Gasteiger partial charge < -0.3 is 9.80 Å². The Labute approximate surface area is 175 Å². The van der Waals surface area contributed by atoms with E-state index in [4.69, 9.17) is 0 Å². The number of carbonyl (C=O) groups is 1. The molecule has 0 saturated heterocycles. The molecule has 0 unspecified atom stereocenters. The fourth-order valence-electron chi connectivity index (χ4n) is 4.27. The van der Waals surface area contributed by atoms with E-state index in [1.54, 1.807) is 0 Å². The Morgan fingerprint density at radius 3 is 2.83 bits per heavy atom. The second kappa shape index (κ2) is 8.71. The number of hydrogen-bond donors (Lipinski definition) is 1. The molecule has 1 N–H and O–H groups in total. The van der Waals surface area contributed by atoms with Crippen LogP contribution in [0.5, 0.6) is 0 Å². The highest BCUT2D eigenvalue weighted by Crippen LogP contribution is 2.31. The van der Waals surface area contributed by atoms with E-state index < -0.39 is 0 Å². The summed E-state index contributed by atoms with van der Waals surface area (Å²) < 4.78 is 1.85. The minimum absolute atomic E-state index is 0.0936. The van der Waals surface area contributed by atoms with Crippen LogP contribution in [0.2, 0.25) is 0 Å². The van der Waals surface area contributed by atoms with Gasteiger partial charge in [0.25, 0.3) is 0 Å².